The highest BCUT2D eigenvalue weighted by molar-refractivity contribution is 7.12. The molecule has 0 aliphatic heterocycles. The third-order valence-electron chi connectivity index (χ3n) is 3.17. The van der Waals surface area contributed by atoms with Crippen molar-refractivity contribution in [3.8, 4) is 0 Å². The molecule has 1 aromatic carbocycles. The minimum Gasteiger partial charge on any atom is -0.362 e. The van der Waals surface area contributed by atoms with Gasteiger partial charge in [0.25, 0.3) is 5.91 Å². The van der Waals surface area contributed by atoms with Gasteiger partial charge in [0.1, 0.15) is 6.17 Å². The fourth-order valence-electron chi connectivity index (χ4n) is 1.81. The van der Waals surface area contributed by atoms with Crippen molar-refractivity contribution in [3.05, 3.63) is 51.7 Å². The van der Waals surface area contributed by atoms with Crippen LogP contribution < -0.4 is 10.6 Å². The molecule has 22 heavy (non-hydrogen) atoms. The van der Waals surface area contributed by atoms with E-state index < -0.39 is 9.96 Å². The molecule has 1 aromatic heterocycles. The lowest BCUT2D eigenvalue weighted by Gasteiger charge is -2.27. The molecule has 0 aliphatic rings. The number of rotatable bonds is 4. The summed E-state index contributed by atoms with van der Waals surface area (Å²) < 4.78 is -1.69. The molecule has 0 radical (unpaired) electrons. The minimum absolute atomic E-state index is 0.289. The van der Waals surface area contributed by atoms with Crippen LogP contribution in [0.25, 0.3) is 0 Å². The quantitative estimate of drug-likeness (QED) is 0.587. The summed E-state index contributed by atoms with van der Waals surface area (Å²) in [4.78, 5) is 12.7. The summed E-state index contributed by atoms with van der Waals surface area (Å²) in [5.74, 6) is -0.289. The molecular weight excluding hydrogens is 363 g/mol. The van der Waals surface area contributed by atoms with E-state index in [1.54, 1.807) is 12.1 Å². The summed E-state index contributed by atoms with van der Waals surface area (Å²) in [7, 11) is 0. The van der Waals surface area contributed by atoms with Crippen molar-refractivity contribution in [2.75, 3.05) is 5.32 Å². The number of benzene rings is 1. The van der Waals surface area contributed by atoms with E-state index >= 15 is 0 Å². The predicted molar refractivity (Wildman–Crippen MR) is 95.4 cm³/mol. The Morgan fingerprint density at radius 1 is 1.18 bits per heavy atom. The molecule has 2 aromatic rings. The Morgan fingerprint density at radius 2 is 1.91 bits per heavy atom. The molecule has 7 heteroatoms. The number of alkyl halides is 3. The molecule has 1 amide bonds. The normalized spacial score (nSPS) is 12.8. The first-order valence-electron chi connectivity index (χ1n) is 6.52. The van der Waals surface area contributed by atoms with E-state index in [9.17, 15) is 4.79 Å². The molecule has 1 heterocycles. The third kappa shape index (κ3) is 4.53. The fraction of sp³-hybridized carbons (Fsp3) is 0.267. The van der Waals surface area contributed by atoms with Gasteiger partial charge in [0.2, 0.25) is 3.79 Å². The van der Waals surface area contributed by atoms with Crippen LogP contribution in [0, 0.1) is 13.8 Å². The number of halogens is 3. The van der Waals surface area contributed by atoms with E-state index in [1.807, 2.05) is 37.4 Å². The second-order valence-electron chi connectivity index (χ2n) is 4.87. The first-order valence-corrected chi connectivity index (χ1v) is 8.53. The third-order valence-corrected chi connectivity index (χ3v) is 4.69. The van der Waals surface area contributed by atoms with Gasteiger partial charge < -0.3 is 10.6 Å². The molecule has 0 fully saturated rings. The fourth-order valence-corrected chi connectivity index (χ4v) is 2.76. The van der Waals surface area contributed by atoms with E-state index in [-0.39, 0.29) is 5.91 Å². The van der Waals surface area contributed by atoms with E-state index in [4.69, 9.17) is 34.8 Å². The lowest BCUT2D eigenvalue weighted by molar-refractivity contribution is 0.0946. The molecule has 0 saturated heterocycles. The molecular formula is C15H15Cl3N2OS. The summed E-state index contributed by atoms with van der Waals surface area (Å²) >= 11 is 19.3. The van der Waals surface area contributed by atoms with Gasteiger partial charge in [-0.25, -0.2) is 0 Å². The van der Waals surface area contributed by atoms with Crippen LogP contribution >= 0.6 is 46.1 Å². The number of carbonyl (C=O) groups excluding carboxylic acids is 1. The zero-order valence-electron chi connectivity index (χ0n) is 12.0. The molecule has 2 N–H and O–H groups in total. The highest BCUT2D eigenvalue weighted by atomic mass is 35.6. The molecule has 118 valence electrons. The number of amides is 1. The number of hydrogen-bond acceptors (Lipinski definition) is 3. The topological polar surface area (TPSA) is 41.1 Å². The van der Waals surface area contributed by atoms with Gasteiger partial charge in [-0.1, -0.05) is 46.9 Å². The Hall–Kier alpha value is -0.940. The summed E-state index contributed by atoms with van der Waals surface area (Å²) in [6.45, 7) is 4.01. The van der Waals surface area contributed by atoms with Gasteiger partial charge in [0, 0.05) is 5.69 Å². The van der Waals surface area contributed by atoms with Crippen LogP contribution in [-0.4, -0.2) is 15.9 Å². The lowest BCUT2D eigenvalue weighted by atomic mass is 10.1. The monoisotopic (exact) mass is 376 g/mol. The molecule has 0 unspecified atom stereocenters. The van der Waals surface area contributed by atoms with Crippen molar-refractivity contribution in [1.29, 1.82) is 0 Å². The summed E-state index contributed by atoms with van der Waals surface area (Å²) in [6, 6.07) is 9.29. The maximum atomic E-state index is 12.2. The van der Waals surface area contributed by atoms with Gasteiger partial charge in [-0.3, -0.25) is 4.79 Å². The smallest absolute Gasteiger partial charge is 0.263 e. The second-order valence-corrected chi connectivity index (χ2v) is 8.19. The number of thiophene rings is 1. The van der Waals surface area contributed by atoms with Crippen LogP contribution in [0.1, 0.15) is 20.8 Å². The van der Waals surface area contributed by atoms with Crippen molar-refractivity contribution in [3.63, 3.8) is 0 Å². The molecule has 1 atom stereocenters. The summed E-state index contributed by atoms with van der Waals surface area (Å²) in [6.07, 6.45) is -0.853. The average Bonchev–Trinajstić information content (AvgIpc) is 2.95. The predicted octanol–water partition coefficient (Wildman–Crippen LogP) is 4.90. The number of nitrogens with one attached hydrogen (secondary N) is 2. The Balaban J connectivity index is 2.16. The number of hydrogen-bond donors (Lipinski definition) is 2. The molecule has 2 rings (SSSR count). The second kappa shape index (κ2) is 7.09. The standard InChI is InChI=1S/C15H15Cl3N2OS/c1-9-5-6-11(8-10(9)2)19-14(15(16,17)18)20-13(21)12-4-3-7-22-12/h3-8,14,19H,1-2H3,(H,20,21)/t14-/m1/s1. The van der Waals surface area contributed by atoms with Gasteiger partial charge in [-0.05, 0) is 48.6 Å². The van der Waals surface area contributed by atoms with Gasteiger partial charge in [-0.15, -0.1) is 11.3 Å². The van der Waals surface area contributed by atoms with Gasteiger partial charge in [-0.2, -0.15) is 0 Å². The van der Waals surface area contributed by atoms with Crippen molar-refractivity contribution in [2.45, 2.75) is 23.8 Å². The van der Waals surface area contributed by atoms with E-state index in [2.05, 4.69) is 10.6 Å². The van der Waals surface area contributed by atoms with E-state index in [1.165, 1.54) is 16.9 Å². The summed E-state index contributed by atoms with van der Waals surface area (Å²) in [5.41, 5.74) is 3.04. The van der Waals surface area contributed by atoms with Gasteiger partial charge in [0.15, 0.2) is 0 Å². The largest absolute Gasteiger partial charge is 0.362 e. The summed E-state index contributed by atoms with van der Waals surface area (Å²) in [5, 5.41) is 7.58. The molecule has 3 nitrogen and oxygen atoms in total. The molecule has 0 spiro atoms. The molecule has 0 bridgehead atoms. The molecule has 0 aliphatic carbocycles. The highest BCUT2D eigenvalue weighted by Crippen LogP contribution is 2.31. The van der Waals surface area contributed by atoms with Crippen molar-refractivity contribution >= 4 is 57.7 Å². The van der Waals surface area contributed by atoms with Gasteiger partial charge >= 0.3 is 0 Å². The SMILES string of the molecule is Cc1ccc(N[C@H](NC(=O)c2cccs2)C(Cl)(Cl)Cl)cc1C. The van der Waals surface area contributed by atoms with Gasteiger partial charge in [0.05, 0.1) is 4.88 Å². The van der Waals surface area contributed by atoms with Crippen molar-refractivity contribution < 1.29 is 4.79 Å². The first kappa shape index (κ1) is 17.4. The Bertz CT molecular complexity index is 653. The highest BCUT2D eigenvalue weighted by Gasteiger charge is 2.34. The van der Waals surface area contributed by atoms with Crippen LogP contribution in [0.5, 0.6) is 0 Å². The average molecular weight is 378 g/mol. The van der Waals surface area contributed by atoms with Crippen LogP contribution in [0.15, 0.2) is 35.7 Å². The number of carbonyl (C=O) groups is 1. The Kier molecular flexibility index (Phi) is 5.61. The maximum Gasteiger partial charge on any atom is 0.263 e. The van der Waals surface area contributed by atoms with Crippen molar-refractivity contribution in [2.24, 2.45) is 0 Å². The van der Waals surface area contributed by atoms with Crippen LogP contribution in [0.2, 0.25) is 0 Å². The maximum absolute atomic E-state index is 12.2. The molecule has 0 saturated carbocycles. The first-order chi connectivity index (χ1) is 10.3. The minimum atomic E-state index is -1.69. The Labute approximate surface area is 148 Å². The number of anilines is 1. The van der Waals surface area contributed by atoms with Crippen molar-refractivity contribution in [1.82, 2.24) is 5.32 Å². The number of aryl methyl sites for hydroxylation is 2. The zero-order valence-corrected chi connectivity index (χ0v) is 15.1. The zero-order chi connectivity index (χ0) is 16.3. The van der Waals surface area contributed by atoms with E-state index in [0.717, 1.165) is 11.3 Å². The van der Waals surface area contributed by atoms with E-state index in [0.29, 0.717) is 4.88 Å². The van der Waals surface area contributed by atoms with Crippen LogP contribution in [0.3, 0.4) is 0 Å². The van der Waals surface area contributed by atoms with Crippen LogP contribution in [0.4, 0.5) is 5.69 Å². The lowest BCUT2D eigenvalue weighted by Crippen LogP contribution is -2.49. The Morgan fingerprint density at radius 3 is 2.45 bits per heavy atom. The van der Waals surface area contributed by atoms with Crippen LogP contribution in [-0.2, 0) is 0 Å².